The highest BCUT2D eigenvalue weighted by molar-refractivity contribution is 5.93. The summed E-state index contributed by atoms with van der Waals surface area (Å²) in [6.07, 6.45) is 9.59. The van der Waals surface area contributed by atoms with Gasteiger partial charge in [0.05, 0.1) is 18.7 Å². The summed E-state index contributed by atoms with van der Waals surface area (Å²) >= 11 is 0. The maximum atomic E-state index is 13.3. The van der Waals surface area contributed by atoms with Crippen molar-refractivity contribution in [3.05, 3.63) is 36.3 Å². The molecule has 3 heterocycles. The number of aromatic nitrogens is 3. The molecule has 2 atom stereocenters. The number of likely N-dealkylation sites (tertiary alicyclic amines) is 1. The molecule has 1 aliphatic heterocycles. The van der Waals surface area contributed by atoms with Crippen molar-refractivity contribution in [2.45, 2.75) is 56.8 Å². The van der Waals surface area contributed by atoms with Gasteiger partial charge >= 0.3 is 0 Å². The summed E-state index contributed by atoms with van der Waals surface area (Å²) in [6.45, 7) is 1.25. The van der Waals surface area contributed by atoms with Crippen LogP contribution in [-0.4, -0.2) is 51.0 Å². The molecule has 0 aromatic carbocycles. The zero-order valence-corrected chi connectivity index (χ0v) is 16.5. The predicted octanol–water partition coefficient (Wildman–Crippen LogP) is 2.73. The molecule has 0 spiro atoms. The van der Waals surface area contributed by atoms with E-state index in [1.807, 2.05) is 27.9 Å². The molecule has 7 nitrogen and oxygen atoms in total. The smallest absolute Gasteiger partial charge is 0.270 e. The van der Waals surface area contributed by atoms with Crippen molar-refractivity contribution in [1.29, 1.82) is 0 Å². The van der Waals surface area contributed by atoms with Crippen molar-refractivity contribution in [3.8, 4) is 0 Å². The molecule has 2 fully saturated rings. The molecule has 0 bridgehead atoms. The quantitative estimate of drug-likeness (QED) is 0.847. The van der Waals surface area contributed by atoms with Crippen LogP contribution < -0.4 is 5.73 Å². The van der Waals surface area contributed by atoms with Gasteiger partial charge in [-0.15, -0.1) is 12.4 Å². The third-order valence-corrected chi connectivity index (χ3v) is 5.75. The maximum Gasteiger partial charge on any atom is 0.270 e. The first-order valence-electron chi connectivity index (χ1n) is 9.45. The standard InChI is InChI=1S/C19H27N5O2.ClH/c1-26-16-11-15(12-22-10-8-18(20)21-22)24(13-16)19(25)17-7-4-9-23(17)14-5-2-3-6-14;/h4,7-10,14-16H,2-3,5-6,11-13H2,1H3,(H2,20,21);1H/t15-,16-;/m0./s1. The summed E-state index contributed by atoms with van der Waals surface area (Å²) in [7, 11) is 1.71. The van der Waals surface area contributed by atoms with Crippen LogP contribution in [0.2, 0.25) is 0 Å². The maximum absolute atomic E-state index is 13.3. The number of ether oxygens (including phenoxy) is 1. The summed E-state index contributed by atoms with van der Waals surface area (Å²) in [4.78, 5) is 15.3. The van der Waals surface area contributed by atoms with E-state index in [0.717, 1.165) is 25.0 Å². The molecule has 4 rings (SSSR count). The zero-order chi connectivity index (χ0) is 18.1. The highest BCUT2D eigenvalue weighted by atomic mass is 35.5. The predicted molar refractivity (Wildman–Crippen MR) is 106 cm³/mol. The lowest BCUT2D eigenvalue weighted by Gasteiger charge is -2.26. The van der Waals surface area contributed by atoms with Gasteiger partial charge in [-0.3, -0.25) is 9.48 Å². The van der Waals surface area contributed by atoms with E-state index in [1.54, 1.807) is 13.2 Å². The van der Waals surface area contributed by atoms with Crippen molar-refractivity contribution < 1.29 is 9.53 Å². The lowest BCUT2D eigenvalue weighted by atomic mass is 10.2. The number of anilines is 1. The van der Waals surface area contributed by atoms with E-state index in [0.29, 0.717) is 24.9 Å². The Kier molecular flexibility index (Phi) is 6.11. The first-order valence-corrected chi connectivity index (χ1v) is 9.45. The topological polar surface area (TPSA) is 78.3 Å². The van der Waals surface area contributed by atoms with E-state index in [-0.39, 0.29) is 30.5 Å². The molecule has 27 heavy (non-hydrogen) atoms. The number of hydrogen-bond donors (Lipinski definition) is 1. The Morgan fingerprint density at radius 3 is 2.74 bits per heavy atom. The molecule has 1 saturated heterocycles. The molecule has 0 unspecified atom stereocenters. The third kappa shape index (κ3) is 3.99. The van der Waals surface area contributed by atoms with Crippen LogP contribution in [0.1, 0.15) is 48.6 Å². The summed E-state index contributed by atoms with van der Waals surface area (Å²) < 4.78 is 9.55. The monoisotopic (exact) mass is 393 g/mol. The van der Waals surface area contributed by atoms with Gasteiger partial charge in [-0.1, -0.05) is 12.8 Å². The Bertz CT molecular complexity index is 768. The number of methoxy groups -OCH3 is 1. The van der Waals surface area contributed by atoms with Gasteiger partial charge in [-0.05, 0) is 37.5 Å². The number of rotatable bonds is 5. The molecule has 2 aromatic rings. The molecular formula is C19H28ClN5O2. The van der Waals surface area contributed by atoms with Crippen LogP contribution in [-0.2, 0) is 11.3 Å². The molecule has 1 aliphatic carbocycles. The number of nitrogens with two attached hydrogens (primary N) is 1. The first kappa shape index (κ1) is 19.8. The second-order valence-electron chi connectivity index (χ2n) is 7.41. The zero-order valence-electron chi connectivity index (χ0n) is 15.7. The van der Waals surface area contributed by atoms with Crippen molar-refractivity contribution in [3.63, 3.8) is 0 Å². The lowest BCUT2D eigenvalue weighted by molar-refractivity contribution is 0.0666. The lowest BCUT2D eigenvalue weighted by Crippen LogP contribution is -2.39. The summed E-state index contributed by atoms with van der Waals surface area (Å²) in [5.74, 6) is 0.589. The van der Waals surface area contributed by atoms with Gasteiger partial charge in [0.25, 0.3) is 5.91 Å². The number of carbonyl (C=O) groups excluding carboxylic acids is 1. The van der Waals surface area contributed by atoms with Gasteiger partial charge in [0.15, 0.2) is 0 Å². The minimum Gasteiger partial charge on any atom is -0.382 e. The second-order valence-corrected chi connectivity index (χ2v) is 7.41. The number of nitrogens with zero attached hydrogens (tertiary/aromatic N) is 4. The van der Waals surface area contributed by atoms with Crippen molar-refractivity contribution in [2.24, 2.45) is 0 Å². The van der Waals surface area contributed by atoms with Crippen LogP contribution in [0.25, 0.3) is 0 Å². The van der Waals surface area contributed by atoms with Gasteiger partial charge in [0.2, 0.25) is 0 Å². The van der Waals surface area contributed by atoms with Gasteiger partial charge in [0, 0.05) is 32.1 Å². The van der Waals surface area contributed by atoms with Crippen LogP contribution in [0, 0.1) is 0 Å². The molecule has 2 aromatic heterocycles. The van der Waals surface area contributed by atoms with Gasteiger partial charge in [-0.25, -0.2) is 0 Å². The molecule has 1 amide bonds. The van der Waals surface area contributed by atoms with Crippen LogP contribution in [0.3, 0.4) is 0 Å². The fraction of sp³-hybridized carbons (Fsp3) is 0.579. The number of hydrogen-bond acceptors (Lipinski definition) is 4. The number of halogens is 1. The first-order chi connectivity index (χ1) is 12.7. The van der Waals surface area contributed by atoms with Gasteiger partial charge in [0.1, 0.15) is 11.5 Å². The summed E-state index contributed by atoms with van der Waals surface area (Å²) in [6, 6.07) is 6.22. The van der Waals surface area contributed by atoms with E-state index < -0.39 is 0 Å². The Morgan fingerprint density at radius 2 is 2.07 bits per heavy atom. The van der Waals surface area contributed by atoms with Crippen molar-refractivity contribution in [1.82, 2.24) is 19.2 Å². The van der Waals surface area contributed by atoms with Crippen molar-refractivity contribution >= 4 is 24.1 Å². The van der Waals surface area contributed by atoms with E-state index in [4.69, 9.17) is 10.5 Å². The highest BCUT2D eigenvalue weighted by Crippen LogP contribution is 2.32. The second kappa shape index (κ2) is 8.35. The van der Waals surface area contributed by atoms with Gasteiger partial charge < -0.3 is 19.9 Å². The van der Waals surface area contributed by atoms with E-state index in [1.165, 1.54) is 12.8 Å². The largest absolute Gasteiger partial charge is 0.382 e. The molecule has 0 radical (unpaired) electrons. The third-order valence-electron chi connectivity index (χ3n) is 5.75. The summed E-state index contributed by atoms with van der Waals surface area (Å²) in [5.41, 5.74) is 6.52. The molecule has 8 heteroatoms. The van der Waals surface area contributed by atoms with Crippen LogP contribution in [0.5, 0.6) is 0 Å². The average molecular weight is 394 g/mol. The van der Waals surface area contributed by atoms with E-state index in [9.17, 15) is 4.79 Å². The molecule has 2 aliphatic rings. The fourth-order valence-corrected chi connectivity index (χ4v) is 4.38. The fourth-order valence-electron chi connectivity index (χ4n) is 4.38. The van der Waals surface area contributed by atoms with Gasteiger partial charge in [-0.2, -0.15) is 5.10 Å². The van der Waals surface area contributed by atoms with Crippen LogP contribution in [0.4, 0.5) is 5.82 Å². The Balaban J connectivity index is 0.00000210. The SMILES string of the molecule is CO[C@H]1C[C@@H](Cn2ccc(N)n2)N(C(=O)c2cccn2C2CCCC2)C1.Cl. The van der Waals surface area contributed by atoms with Crippen LogP contribution in [0.15, 0.2) is 30.6 Å². The van der Waals surface area contributed by atoms with Crippen LogP contribution >= 0.6 is 12.4 Å². The number of nitrogen functional groups attached to an aromatic ring is 1. The minimum absolute atomic E-state index is 0. The van der Waals surface area contributed by atoms with E-state index >= 15 is 0 Å². The Labute approximate surface area is 165 Å². The minimum atomic E-state index is 0. The summed E-state index contributed by atoms with van der Waals surface area (Å²) in [5, 5.41) is 4.27. The average Bonchev–Trinajstić information content (AvgIpc) is 3.41. The number of amides is 1. The highest BCUT2D eigenvalue weighted by Gasteiger charge is 2.37. The molecule has 148 valence electrons. The molecule has 2 N–H and O–H groups in total. The van der Waals surface area contributed by atoms with Crippen molar-refractivity contribution in [2.75, 3.05) is 19.4 Å². The number of carbonyl (C=O) groups is 1. The normalized spacial score (nSPS) is 22.9. The molecule has 1 saturated carbocycles. The molecular weight excluding hydrogens is 366 g/mol. The Morgan fingerprint density at radius 1 is 1.30 bits per heavy atom. The Hall–Kier alpha value is -1.99. The van der Waals surface area contributed by atoms with E-state index in [2.05, 4.69) is 15.9 Å².